The number of fused-ring (bicyclic) bond motifs is 3. The lowest BCUT2D eigenvalue weighted by Crippen LogP contribution is -2.52. The number of nitrogens with one attached hydrogen (secondary N) is 2. The molecule has 344 valence electrons. The third-order valence-electron chi connectivity index (χ3n) is 15.2. The maximum atomic E-state index is 13.9. The molecule has 5 aliphatic heterocycles. The molecule has 3 N–H and O–H groups in total. The summed E-state index contributed by atoms with van der Waals surface area (Å²) >= 11 is 0. The summed E-state index contributed by atoms with van der Waals surface area (Å²) in [6.45, 7) is 6.61. The van der Waals surface area contributed by atoms with Gasteiger partial charge in [0.15, 0.2) is 0 Å². The fraction of sp³-hybridized carbons (Fsp3) is 0.469. The van der Waals surface area contributed by atoms with Crippen molar-refractivity contribution >= 4 is 62.3 Å². The quantitative estimate of drug-likeness (QED) is 0.189. The van der Waals surface area contributed by atoms with Crippen LogP contribution in [0.3, 0.4) is 0 Å². The second-order valence-electron chi connectivity index (χ2n) is 19.3. The van der Waals surface area contributed by atoms with E-state index in [1.54, 1.807) is 52.4 Å². The van der Waals surface area contributed by atoms with E-state index in [9.17, 15) is 32.7 Å². The molecule has 11 rings (SSSR count). The summed E-state index contributed by atoms with van der Waals surface area (Å²) in [6, 6.07) is 19.1. The van der Waals surface area contributed by atoms with Crippen molar-refractivity contribution in [2.24, 2.45) is 5.92 Å². The van der Waals surface area contributed by atoms with Gasteiger partial charge in [-0.1, -0.05) is 6.07 Å². The summed E-state index contributed by atoms with van der Waals surface area (Å²) in [6.07, 6.45) is 8.56. The highest BCUT2D eigenvalue weighted by Gasteiger charge is 2.61. The van der Waals surface area contributed by atoms with Crippen molar-refractivity contribution in [2.75, 3.05) is 65.8 Å². The highest BCUT2D eigenvalue weighted by Crippen LogP contribution is 2.57. The summed E-state index contributed by atoms with van der Waals surface area (Å²) in [4.78, 5) is 71.3. The van der Waals surface area contributed by atoms with Gasteiger partial charge in [-0.05, 0) is 130 Å². The molecule has 5 fully saturated rings. The number of benzene rings is 3. The summed E-state index contributed by atoms with van der Waals surface area (Å²) in [5.41, 5.74) is 4.47. The maximum absolute atomic E-state index is 13.9. The Kier molecular flexibility index (Phi) is 10.8. The fourth-order valence-electron chi connectivity index (χ4n) is 11.2. The zero-order chi connectivity index (χ0) is 45.3. The number of amides is 4. The Morgan fingerprint density at radius 3 is 2.32 bits per heavy atom. The molecule has 1 unspecified atom stereocenters. The number of hydrogen-bond donors (Lipinski definition) is 3. The van der Waals surface area contributed by atoms with Gasteiger partial charge in [-0.2, -0.15) is 4.98 Å². The molecule has 1 aromatic heterocycles. The van der Waals surface area contributed by atoms with E-state index in [0.717, 1.165) is 113 Å². The Hall–Kier alpha value is -5.91. The van der Waals surface area contributed by atoms with Gasteiger partial charge in [-0.3, -0.25) is 34.3 Å². The van der Waals surface area contributed by atoms with Gasteiger partial charge in [0.1, 0.15) is 11.9 Å². The standard InChI is InChI=1S/C49H55N9O7S/c59-37-5-1-4-36(26-37)58-44-41(49(17-18-49)47(58)63)28-50-48(53-44)51-33-7-10-38(11-8-33)66(64,65)39-6-2-3-34(27-39)56-23-21-54(22-24-56)29-31-15-19-55(20-16-31)35-9-12-40-32(25-35)30-57(46(40)62)42-13-14-43(60)52-45(42)61/h2-3,6-12,25,27-28,31,36-37,42,59H,1,4-5,13-24,26,29-30H2,(H,50,51,53)(H,52,60,61)/t36-,37-,42?/m1/s1. The number of anilines is 5. The maximum Gasteiger partial charge on any atom is 0.255 e. The predicted octanol–water partition coefficient (Wildman–Crippen LogP) is 4.53. The lowest BCUT2D eigenvalue weighted by Gasteiger charge is -2.40. The van der Waals surface area contributed by atoms with Gasteiger partial charge in [-0.25, -0.2) is 13.4 Å². The number of carbonyl (C=O) groups is 4. The molecule has 17 heteroatoms. The number of hydrogen-bond acceptors (Lipinski definition) is 13. The smallest absolute Gasteiger partial charge is 0.255 e. The second kappa shape index (κ2) is 16.8. The first-order chi connectivity index (χ1) is 31.9. The first kappa shape index (κ1) is 42.7. The van der Waals surface area contributed by atoms with E-state index in [4.69, 9.17) is 4.98 Å². The van der Waals surface area contributed by atoms with Gasteiger partial charge in [0.05, 0.1) is 21.3 Å². The average molecular weight is 914 g/mol. The monoisotopic (exact) mass is 913 g/mol. The molecule has 2 saturated carbocycles. The third kappa shape index (κ3) is 7.77. The lowest BCUT2D eigenvalue weighted by atomic mass is 9.92. The van der Waals surface area contributed by atoms with Gasteiger partial charge in [0.25, 0.3) is 5.91 Å². The van der Waals surface area contributed by atoms with Crippen molar-refractivity contribution in [3.05, 3.63) is 89.6 Å². The second-order valence-corrected chi connectivity index (χ2v) is 21.2. The Labute approximate surface area is 384 Å². The molecule has 66 heavy (non-hydrogen) atoms. The summed E-state index contributed by atoms with van der Waals surface area (Å²) in [5.74, 6) is 0.726. The molecular weight excluding hydrogens is 859 g/mol. The minimum absolute atomic E-state index is 0.0624. The number of aliphatic hydroxyl groups excluding tert-OH is 1. The van der Waals surface area contributed by atoms with E-state index in [1.807, 2.05) is 24.3 Å². The van der Waals surface area contributed by atoms with Crippen LogP contribution in [-0.4, -0.2) is 121 Å². The van der Waals surface area contributed by atoms with Crippen molar-refractivity contribution in [3.8, 4) is 0 Å². The SMILES string of the molecule is O=C1CCC(N2Cc3cc(N4CCC(CN5CCN(c6cccc(S(=O)(=O)c7ccc(Nc8ncc9c(n8)N([C@@H]8CCC[C@@H](O)C8)C(=O)C98CC8)cc7)c6)CC5)CC4)ccc3C2=O)C(=O)N1. The van der Waals surface area contributed by atoms with E-state index < -0.39 is 33.3 Å². The third-order valence-corrected chi connectivity index (χ3v) is 16.9. The van der Waals surface area contributed by atoms with Crippen molar-refractivity contribution in [1.29, 1.82) is 0 Å². The average Bonchev–Trinajstić information content (AvgIpc) is 4.02. The molecule has 7 aliphatic rings. The zero-order valence-electron chi connectivity index (χ0n) is 36.9. The van der Waals surface area contributed by atoms with Crippen LogP contribution in [-0.2, 0) is 36.2 Å². The Morgan fingerprint density at radius 1 is 0.818 bits per heavy atom. The number of nitrogens with zero attached hydrogens (tertiary/aromatic N) is 7. The van der Waals surface area contributed by atoms with Gasteiger partial charge < -0.3 is 25.1 Å². The van der Waals surface area contributed by atoms with E-state index in [1.165, 1.54) is 0 Å². The molecule has 1 spiro atoms. The molecule has 4 amide bonds. The minimum Gasteiger partial charge on any atom is -0.393 e. The molecule has 16 nitrogen and oxygen atoms in total. The van der Waals surface area contributed by atoms with E-state index in [-0.39, 0.29) is 40.0 Å². The number of sulfone groups is 1. The molecule has 0 bridgehead atoms. The van der Waals surface area contributed by atoms with Crippen LogP contribution in [0.25, 0.3) is 0 Å². The number of aromatic nitrogens is 2. The highest BCUT2D eigenvalue weighted by atomic mass is 32.2. The molecule has 6 heterocycles. The first-order valence-electron chi connectivity index (χ1n) is 23.5. The zero-order valence-corrected chi connectivity index (χ0v) is 37.7. The number of piperazine rings is 1. The predicted molar refractivity (Wildman–Crippen MR) is 246 cm³/mol. The van der Waals surface area contributed by atoms with Crippen LogP contribution < -0.4 is 25.3 Å². The Bertz CT molecular complexity index is 2710. The van der Waals surface area contributed by atoms with Gasteiger partial charge in [-0.15, -0.1) is 0 Å². The van der Waals surface area contributed by atoms with Crippen LogP contribution in [0.1, 0.15) is 85.7 Å². The Morgan fingerprint density at radius 2 is 1.58 bits per heavy atom. The number of imide groups is 1. The van der Waals surface area contributed by atoms with Crippen LogP contribution in [0.4, 0.5) is 28.8 Å². The van der Waals surface area contributed by atoms with E-state index >= 15 is 0 Å². The van der Waals surface area contributed by atoms with Crippen molar-refractivity contribution in [2.45, 2.75) is 104 Å². The fourth-order valence-corrected chi connectivity index (χ4v) is 12.5. The molecule has 3 aromatic carbocycles. The van der Waals surface area contributed by atoms with E-state index in [0.29, 0.717) is 48.3 Å². The topological polar surface area (TPSA) is 189 Å². The van der Waals surface area contributed by atoms with Crippen molar-refractivity contribution < 1.29 is 32.7 Å². The van der Waals surface area contributed by atoms with Crippen LogP contribution >= 0.6 is 0 Å². The number of aliphatic hydroxyl groups is 1. The van der Waals surface area contributed by atoms with Gasteiger partial charge >= 0.3 is 0 Å². The van der Waals surface area contributed by atoms with Crippen molar-refractivity contribution in [3.63, 3.8) is 0 Å². The summed E-state index contributed by atoms with van der Waals surface area (Å²) in [7, 11) is -3.81. The van der Waals surface area contributed by atoms with Crippen LogP contribution in [0.15, 0.2) is 82.7 Å². The molecule has 3 saturated heterocycles. The summed E-state index contributed by atoms with van der Waals surface area (Å²) in [5, 5.41) is 16.0. The molecule has 0 radical (unpaired) electrons. The molecule has 4 aromatic rings. The number of piperidine rings is 2. The largest absolute Gasteiger partial charge is 0.393 e. The minimum atomic E-state index is -3.81. The van der Waals surface area contributed by atoms with Crippen molar-refractivity contribution in [1.82, 2.24) is 25.1 Å². The number of rotatable bonds is 10. The Balaban J connectivity index is 0.672. The van der Waals surface area contributed by atoms with Gasteiger partial charge in [0.2, 0.25) is 33.5 Å². The molecule has 3 atom stereocenters. The normalized spacial score (nSPS) is 24.5. The number of carbonyl (C=O) groups excluding carboxylic acids is 4. The molecule has 2 aliphatic carbocycles. The van der Waals surface area contributed by atoms with Gasteiger partial charge in [0, 0.05) is 99.2 Å². The van der Waals surface area contributed by atoms with Crippen LogP contribution in [0.2, 0.25) is 0 Å². The highest BCUT2D eigenvalue weighted by molar-refractivity contribution is 7.91. The summed E-state index contributed by atoms with van der Waals surface area (Å²) < 4.78 is 27.9. The first-order valence-corrected chi connectivity index (χ1v) is 25.0. The van der Waals surface area contributed by atoms with E-state index in [2.05, 4.69) is 36.4 Å². The van der Waals surface area contributed by atoms with Crippen LogP contribution in [0, 0.1) is 5.92 Å². The van der Waals surface area contributed by atoms with Crippen LogP contribution in [0.5, 0.6) is 0 Å². The molecular formula is C49H55N9O7S. The lowest BCUT2D eigenvalue weighted by molar-refractivity contribution is -0.137.